The van der Waals surface area contributed by atoms with Crippen LogP contribution in [0.15, 0.2) is 16.4 Å². The first kappa shape index (κ1) is 11.6. The van der Waals surface area contributed by atoms with Crippen LogP contribution in [0.5, 0.6) is 0 Å². The van der Waals surface area contributed by atoms with Crippen molar-refractivity contribution in [3.8, 4) is 0 Å². The van der Waals surface area contributed by atoms with E-state index in [1.54, 1.807) is 0 Å². The van der Waals surface area contributed by atoms with Gasteiger partial charge in [0.05, 0.1) is 11.0 Å². The van der Waals surface area contributed by atoms with Crippen molar-refractivity contribution < 1.29 is 5.21 Å². The Morgan fingerprint density at radius 2 is 2.00 bits per heavy atom. The monoisotopic (exact) mass is 265 g/mol. The maximum atomic E-state index is 9.13. The lowest BCUT2D eigenvalue weighted by Crippen LogP contribution is -2.25. The van der Waals surface area contributed by atoms with Crippen LogP contribution in [0.4, 0.5) is 11.6 Å². The van der Waals surface area contributed by atoms with Gasteiger partial charge in [-0.2, -0.15) is 0 Å². The molecule has 1 aromatic rings. The van der Waals surface area contributed by atoms with Crippen molar-refractivity contribution in [2.75, 3.05) is 11.5 Å². The molecule has 2 aliphatic rings. The topological polar surface area (TPSA) is 110 Å². The SMILES string of the molecule is Nc1cc(N)nc(S[C@@H]2/C(=N\O)[C@H]3CC[C@@H]2C3)n1. The van der Waals surface area contributed by atoms with Crippen LogP contribution in [0, 0.1) is 11.8 Å². The van der Waals surface area contributed by atoms with Gasteiger partial charge < -0.3 is 16.7 Å². The van der Waals surface area contributed by atoms with Crippen LogP contribution in [-0.2, 0) is 0 Å². The number of nitrogens with zero attached hydrogens (tertiary/aromatic N) is 3. The quantitative estimate of drug-likeness (QED) is 0.423. The van der Waals surface area contributed by atoms with Crippen LogP contribution in [-0.4, -0.2) is 26.1 Å². The van der Waals surface area contributed by atoms with Gasteiger partial charge in [0, 0.05) is 12.0 Å². The Balaban J connectivity index is 1.84. The van der Waals surface area contributed by atoms with Crippen molar-refractivity contribution in [2.45, 2.75) is 29.7 Å². The van der Waals surface area contributed by atoms with E-state index in [0.29, 0.717) is 28.6 Å². The number of aromatic nitrogens is 2. The van der Waals surface area contributed by atoms with Crippen LogP contribution < -0.4 is 11.5 Å². The standard InChI is InChI=1S/C11H15N5OS/c12-7-4-8(13)15-11(14-7)18-10-6-2-1-5(3-6)9(10)16-17/h4-6,10,17H,1-3H2,(H4,12,13,14,15)/b16-9-/t5-,6+,10-/m0/s1. The lowest BCUT2D eigenvalue weighted by molar-refractivity contribution is 0.314. The summed E-state index contributed by atoms with van der Waals surface area (Å²) >= 11 is 1.50. The number of nitrogens with two attached hydrogens (primary N) is 2. The summed E-state index contributed by atoms with van der Waals surface area (Å²) in [4.78, 5) is 8.33. The first-order valence-electron chi connectivity index (χ1n) is 5.96. The van der Waals surface area contributed by atoms with Crippen LogP contribution in [0.1, 0.15) is 19.3 Å². The van der Waals surface area contributed by atoms with Crippen LogP contribution in [0.25, 0.3) is 0 Å². The molecule has 1 aromatic heterocycles. The summed E-state index contributed by atoms with van der Waals surface area (Å²) < 4.78 is 0. The second-order valence-corrected chi connectivity index (χ2v) is 5.94. The molecule has 0 radical (unpaired) electrons. The summed E-state index contributed by atoms with van der Waals surface area (Å²) in [5.74, 6) is 1.72. The Labute approximate surface area is 109 Å². The maximum Gasteiger partial charge on any atom is 0.192 e. The summed E-state index contributed by atoms with van der Waals surface area (Å²) in [7, 11) is 0. The van der Waals surface area contributed by atoms with Gasteiger partial charge in [0.1, 0.15) is 11.6 Å². The molecule has 2 bridgehead atoms. The third-order valence-electron chi connectivity index (χ3n) is 3.70. The molecule has 0 aromatic carbocycles. The predicted molar refractivity (Wildman–Crippen MR) is 70.6 cm³/mol. The van der Waals surface area contributed by atoms with Crippen LogP contribution in [0.2, 0.25) is 0 Å². The molecule has 0 aliphatic heterocycles. The number of hydrogen-bond donors (Lipinski definition) is 3. The van der Waals surface area contributed by atoms with E-state index in [4.69, 9.17) is 16.7 Å². The first-order valence-corrected chi connectivity index (χ1v) is 6.84. The lowest BCUT2D eigenvalue weighted by Gasteiger charge is -2.21. The Morgan fingerprint density at radius 1 is 1.28 bits per heavy atom. The Hall–Kier alpha value is -1.50. The number of rotatable bonds is 2. The van der Waals surface area contributed by atoms with E-state index < -0.39 is 0 Å². The van der Waals surface area contributed by atoms with E-state index in [1.807, 2.05) is 0 Å². The molecule has 6 nitrogen and oxygen atoms in total. The van der Waals surface area contributed by atoms with Crippen molar-refractivity contribution in [1.82, 2.24) is 9.97 Å². The van der Waals surface area contributed by atoms with E-state index in [-0.39, 0.29) is 5.25 Å². The van der Waals surface area contributed by atoms with Gasteiger partial charge in [-0.15, -0.1) is 0 Å². The highest BCUT2D eigenvalue weighted by Gasteiger charge is 2.46. The summed E-state index contributed by atoms with van der Waals surface area (Å²) in [5, 5.41) is 13.3. The molecule has 1 heterocycles. The fourth-order valence-electron chi connectivity index (χ4n) is 2.96. The Morgan fingerprint density at radius 3 is 2.67 bits per heavy atom. The molecular weight excluding hydrogens is 250 g/mol. The third kappa shape index (κ3) is 1.88. The van der Waals surface area contributed by atoms with Crippen molar-refractivity contribution in [2.24, 2.45) is 17.0 Å². The van der Waals surface area contributed by atoms with Crippen molar-refractivity contribution in [3.05, 3.63) is 6.07 Å². The number of oxime groups is 1. The Bertz CT molecular complexity index is 486. The molecule has 3 rings (SSSR count). The molecule has 0 spiro atoms. The number of hydrogen-bond acceptors (Lipinski definition) is 7. The zero-order valence-corrected chi connectivity index (χ0v) is 10.6. The minimum atomic E-state index is 0.162. The molecule has 7 heteroatoms. The van der Waals surface area contributed by atoms with Crippen molar-refractivity contribution in [1.29, 1.82) is 0 Å². The fraction of sp³-hybridized carbons (Fsp3) is 0.545. The molecule has 0 saturated heterocycles. The van der Waals surface area contributed by atoms with Crippen LogP contribution >= 0.6 is 11.8 Å². The zero-order valence-electron chi connectivity index (χ0n) is 9.78. The van der Waals surface area contributed by atoms with Gasteiger partial charge in [-0.05, 0) is 25.2 Å². The van der Waals surface area contributed by atoms with E-state index in [1.165, 1.54) is 24.2 Å². The van der Waals surface area contributed by atoms with E-state index >= 15 is 0 Å². The fourth-order valence-corrected chi connectivity index (χ4v) is 4.30. The molecule has 5 N–H and O–H groups in total. The highest BCUT2D eigenvalue weighted by atomic mass is 32.2. The van der Waals surface area contributed by atoms with Gasteiger partial charge in [0.2, 0.25) is 0 Å². The summed E-state index contributed by atoms with van der Waals surface area (Å²) in [6.07, 6.45) is 3.41. The predicted octanol–water partition coefficient (Wildman–Crippen LogP) is 1.36. The number of nitrogen functional groups attached to an aromatic ring is 2. The maximum absolute atomic E-state index is 9.13. The second-order valence-electron chi connectivity index (χ2n) is 4.83. The summed E-state index contributed by atoms with van der Waals surface area (Å²) in [6.45, 7) is 0. The van der Waals surface area contributed by atoms with Crippen molar-refractivity contribution >= 4 is 29.1 Å². The van der Waals surface area contributed by atoms with Crippen molar-refractivity contribution in [3.63, 3.8) is 0 Å². The number of thioether (sulfide) groups is 1. The Kier molecular flexibility index (Phi) is 2.77. The van der Waals surface area contributed by atoms with E-state index in [9.17, 15) is 0 Å². The lowest BCUT2D eigenvalue weighted by atomic mass is 9.98. The van der Waals surface area contributed by atoms with Gasteiger partial charge in [-0.1, -0.05) is 16.9 Å². The highest BCUT2D eigenvalue weighted by Crippen LogP contribution is 2.49. The molecule has 2 fully saturated rings. The normalized spacial score (nSPS) is 32.2. The second kappa shape index (κ2) is 4.31. The molecule has 2 aliphatic carbocycles. The molecule has 0 unspecified atom stereocenters. The molecule has 96 valence electrons. The minimum absolute atomic E-state index is 0.162. The average molecular weight is 265 g/mol. The molecular formula is C11H15N5OS. The van der Waals surface area contributed by atoms with Gasteiger partial charge in [0.15, 0.2) is 5.16 Å². The molecule has 18 heavy (non-hydrogen) atoms. The number of anilines is 2. The molecule has 2 saturated carbocycles. The van der Waals surface area contributed by atoms with Crippen LogP contribution in [0.3, 0.4) is 0 Å². The summed E-state index contributed by atoms with van der Waals surface area (Å²) in [5.41, 5.74) is 12.2. The van der Waals surface area contributed by atoms with Gasteiger partial charge in [-0.25, -0.2) is 9.97 Å². The number of fused-ring (bicyclic) bond motifs is 2. The zero-order chi connectivity index (χ0) is 12.7. The minimum Gasteiger partial charge on any atom is -0.411 e. The average Bonchev–Trinajstić information content (AvgIpc) is 2.88. The highest BCUT2D eigenvalue weighted by molar-refractivity contribution is 8.00. The largest absolute Gasteiger partial charge is 0.411 e. The van der Waals surface area contributed by atoms with Gasteiger partial charge in [0.25, 0.3) is 0 Å². The molecule has 3 atom stereocenters. The summed E-state index contributed by atoms with van der Waals surface area (Å²) in [6, 6.07) is 1.53. The third-order valence-corrected chi connectivity index (χ3v) is 4.98. The first-order chi connectivity index (χ1) is 8.67. The van der Waals surface area contributed by atoms with Gasteiger partial charge in [-0.3, -0.25) is 0 Å². The molecule has 0 amide bonds. The smallest absolute Gasteiger partial charge is 0.192 e. The van der Waals surface area contributed by atoms with E-state index in [2.05, 4.69) is 15.1 Å². The van der Waals surface area contributed by atoms with Gasteiger partial charge >= 0.3 is 0 Å². The van der Waals surface area contributed by atoms with E-state index in [0.717, 1.165) is 18.6 Å².